The van der Waals surface area contributed by atoms with Crippen molar-refractivity contribution in [2.45, 2.75) is 19.9 Å². The zero-order chi connectivity index (χ0) is 12.3. The summed E-state index contributed by atoms with van der Waals surface area (Å²) in [5.41, 5.74) is 1.15. The van der Waals surface area contributed by atoms with Crippen molar-refractivity contribution in [2.75, 3.05) is 13.7 Å². The third-order valence-electron chi connectivity index (χ3n) is 2.70. The van der Waals surface area contributed by atoms with E-state index >= 15 is 0 Å². The van der Waals surface area contributed by atoms with Gasteiger partial charge in [-0.25, -0.2) is 0 Å². The molecule has 1 rings (SSSR count). The van der Waals surface area contributed by atoms with E-state index in [0.29, 0.717) is 5.56 Å². The number of benzene rings is 1. The number of phenolic OH excluding ortho intramolecular Hbond substituents is 1. The van der Waals surface area contributed by atoms with Gasteiger partial charge < -0.3 is 15.1 Å². The number of aliphatic hydroxyl groups is 1. The fraction of sp³-hybridized carbons (Fsp3) is 0.417. The molecule has 1 aromatic carbocycles. The summed E-state index contributed by atoms with van der Waals surface area (Å²) in [5, 5.41) is 18.5. The molecule has 16 heavy (non-hydrogen) atoms. The zero-order valence-corrected chi connectivity index (χ0v) is 9.77. The summed E-state index contributed by atoms with van der Waals surface area (Å²) < 4.78 is 0. The number of phenols is 1. The third-order valence-corrected chi connectivity index (χ3v) is 2.70. The first-order valence-electron chi connectivity index (χ1n) is 5.15. The van der Waals surface area contributed by atoms with Crippen molar-refractivity contribution in [3.8, 4) is 5.75 Å². The van der Waals surface area contributed by atoms with Crippen LogP contribution in [0.4, 0.5) is 0 Å². The van der Waals surface area contributed by atoms with Crippen molar-refractivity contribution >= 4 is 5.91 Å². The maximum Gasteiger partial charge on any atom is 0.254 e. The fourth-order valence-electron chi connectivity index (χ4n) is 1.27. The van der Waals surface area contributed by atoms with E-state index in [2.05, 4.69) is 0 Å². The normalized spacial score (nSPS) is 12.2. The number of carbonyl (C=O) groups excluding carboxylic acids is 1. The van der Waals surface area contributed by atoms with Crippen molar-refractivity contribution in [3.63, 3.8) is 0 Å². The molecular weight excluding hydrogens is 206 g/mol. The Hall–Kier alpha value is -1.55. The van der Waals surface area contributed by atoms with Crippen LogP contribution in [-0.4, -0.2) is 40.7 Å². The van der Waals surface area contributed by atoms with Gasteiger partial charge >= 0.3 is 0 Å². The van der Waals surface area contributed by atoms with Gasteiger partial charge in [-0.2, -0.15) is 0 Å². The highest BCUT2D eigenvalue weighted by Gasteiger charge is 2.17. The lowest BCUT2D eigenvalue weighted by molar-refractivity contribution is 0.0682. The molecule has 0 aromatic heterocycles. The van der Waals surface area contributed by atoms with Crippen LogP contribution in [0.5, 0.6) is 5.75 Å². The molecule has 4 heteroatoms. The number of aliphatic hydroxyl groups excluding tert-OH is 1. The van der Waals surface area contributed by atoms with E-state index in [1.165, 1.54) is 11.0 Å². The Morgan fingerprint density at radius 2 is 2.12 bits per heavy atom. The van der Waals surface area contributed by atoms with Gasteiger partial charge in [0.2, 0.25) is 0 Å². The summed E-state index contributed by atoms with van der Waals surface area (Å²) >= 11 is 0. The number of aryl methyl sites for hydroxylation is 1. The average molecular weight is 223 g/mol. The number of aromatic hydroxyl groups is 1. The monoisotopic (exact) mass is 223 g/mol. The molecule has 2 N–H and O–H groups in total. The SMILES string of the molecule is Cc1ccc(C(=O)N(C)C(C)CO)cc1O. The van der Waals surface area contributed by atoms with Gasteiger partial charge in [0.25, 0.3) is 5.91 Å². The van der Waals surface area contributed by atoms with Crippen molar-refractivity contribution in [1.82, 2.24) is 4.90 Å². The number of carbonyl (C=O) groups is 1. The highest BCUT2D eigenvalue weighted by molar-refractivity contribution is 5.94. The van der Waals surface area contributed by atoms with E-state index in [-0.39, 0.29) is 24.3 Å². The molecule has 0 radical (unpaired) electrons. The zero-order valence-electron chi connectivity index (χ0n) is 9.77. The Kier molecular flexibility index (Phi) is 3.90. The molecule has 1 aromatic rings. The molecule has 88 valence electrons. The van der Waals surface area contributed by atoms with Crippen molar-refractivity contribution in [3.05, 3.63) is 29.3 Å². The number of likely N-dealkylation sites (N-methyl/N-ethyl adjacent to an activating group) is 1. The molecule has 0 aliphatic rings. The Bertz CT molecular complexity index is 390. The topological polar surface area (TPSA) is 60.8 Å². The number of amides is 1. The number of rotatable bonds is 3. The van der Waals surface area contributed by atoms with Gasteiger partial charge in [0, 0.05) is 12.6 Å². The van der Waals surface area contributed by atoms with Crippen LogP contribution in [0.2, 0.25) is 0 Å². The average Bonchev–Trinajstić information content (AvgIpc) is 2.29. The molecule has 0 aliphatic carbocycles. The first-order valence-corrected chi connectivity index (χ1v) is 5.15. The van der Waals surface area contributed by atoms with E-state index in [1.54, 1.807) is 33.0 Å². The van der Waals surface area contributed by atoms with E-state index in [0.717, 1.165) is 5.56 Å². The lowest BCUT2D eigenvalue weighted by atomic mass is 10.1. The van der Waals surface area contributed by atoms with Gasteiger partial charge in [0.1, 0.15) is 5.75 Å². The molecule has 0 bridgehead atoms. The quantitative estimate of drug-likeness (QED) is 0.808. The molecule has 4 nitrogen and oxygen atoms in total. The number of hydrogen-bond donors (Lipinski definition) is 2. The largest absolute Gasteiger partial charge is 0.508 e. The van der Waals surface area contributed by atoms with Gasteiger partial charge in [-0.1, -0.05) is 6.07 Å². The second-order valence-electron chi connectivity index (χ2n) is 3.95. The van der Waals surface area contributed by atoms with Gasteiger partial charge in [0.05, 0.1) is 12.6 Å². The summed E-state index contributed by atoms with van der Waals surface area (Å²) in [5.74, 6) is -0.104. The van der Waals surface area contributed by atoms with E-state index in [1.807, 2.05) is 0 Å². The van der Waals surface area contributed by atoms with Crippen molar-refractivity contribution in [1.29, 1.82) is 0 Å². The molecule has 1 amide bonds. The van der Waals surface area contributed by atoms with Crippen molar-refractivity contribution in [2.24, 2.45) is 0 Å². The minimum atomic E-state index is -0.240. The Labute approximate surface area is 95.1 Å². The first-order chi connectivity index (χ1) is 7.47. The maximum absolute atomic E-state index is 11.9. The molecule has 1 unspecified atom stereocenters. The van der Waals surface area contributed by atoms with Gasteiger partial charge in [-0.15, -0.1) is 0 Å². The highest BCUT2D eigenvalue weighted by atomic mass is 16.3. The van der Waals surface area contributed by atoms with Gasteiger partial charge in [-0.3, -0.25) is 4.79 Å². The van der Waals surface area contributed by atoms with Crippen LogP contribution in [0.3, 0.4) is 0 Å². The Morgan fingerprint density at radius 3 is 2.62 bits per heavy atom. The molecule has 1 atom stereocenters. The van der Waals surface area contributed by atoms with Crippen LogP contribution >= 0.6 is 0 Å². The van der Waals surface area contributed by atoms with Crippen LogP contribution in [0.15, 0.2) is 18.2 Å². The number of hydrogen-bond acceptors (Lipinski definition) is 3. The second kappa shape index (κ2) is 4.99. The van der Waals surface area contributed by atoms with Crippen LogP contribution in [0.1, 0.15) is 22.8 Å². The van der Waals surface area contributed by atoms with E-state index in [9.17, 15) is 9.90 Å². The Morgan fingerprint density at radius 1 is 1.50 bits per heavy atom. The van der Waals surface area contributed by atoms with Crippen LogP contribution in [0.25, 0.3) is 0 Å². The summed E-state index contributed by atoms with van der Waals surface area (Å²) in [6.45, 7) is 3.44. The summed E-state index contributed by atoms with van der Waals surface area (Å²) in [7, 11) is 1.63. The fourth-order valence-corrected chi connectivity index (χ4v) is 1.27. The van der Waals surface area contributed by atoms with E-state index < -0.39 is 0 Å². The lowest BCUT2D eigenvalue weighted by Crippen LogP contribution is -2.37. The second-order valence-corrected chi connectivity index (χ2v) is 3.95. The summed E-state index contributed by atoms with van der Waals surface area (Å²) in [6.07, 6.45) is 0. The lowest BCUT2D eigenvalue weighted by Gasteiger charge is -2.23. The Balaban J connectivity index is 2.92. The minimum absolute atomic E-state index is 0.0833. The standard InChI is InChI=1S/C12H17NO3/c1-8-4-5-10(6-11(8)15)12(16)13(3)9(2)7-14/h4-6,9,14-15H,7H2,1-3H3. The van der Waals surface area contributed by atoms with Crippen LogP contribution < -0.4 is 0 Å². The van der Waals surface area contributed by atoms with Crippen molar-refractivity contribution < 1.29 is 15.0 Å². The molecule has 0 saturated carbocycles. The summed E-state index contributed by atoms with van der Waals surface area (Å²) in [4.78, 5) is 13.4. The minimum Gasteiger partial charge on any atom is -0.508 e. The highest BCUT2D eigenvalue weighted by Crippen LogP contribution is 2.18. The van der Waals surface area contributed by atoms with Gasteiger partial charge in [-0.05, 0) is 31.5 Å². The smallest absolute Gasteiger partial charge is 0.254 e. The number of nitrogens with zero attached hydrogens (tertiary/aromatic N) is 1. The van der Waals surface area contributed by atoms with E-state index in [4.69, 9.17) is 5.11 Å². The first kappa shape index (κ1) is 12.5. The van der Waals surface area contributed by atoms with Gasteiger partial charge in [0.15, 0.2) is 0 Å². The molecule has 0 fully saturated rings. The maximum atomic E-state index is 11.9. The molecule has 0 saturated heterocycles. The van der Waals surface area contributed by atoms with Crippen LogP contribution in [-0.2, 0) is 0 Å². The predicted octanol–water partition coefficient (Wildman–Crippen LogP) is 1.15. The third kappa shape index (κ3) is 2.52. The predicted molar refractivity (Wildman–Crippen MR) is 61.5 cm³/mol. The van der Waals surface area contributed by atoms with Crippen LogP contribution in [0, 0.1) is 6.92 Å². The molecular formula is C12H17NO3. The summed E-state index contributed by atoms with van der Waals surface area (Å²) in [6, 6.07) is 4.56. The molecule has 0 spiro atoms. The molecule has 0 aliphatic heterocycles. The molecule has 0 heterocycles.